The van der Waals surface area contributed by atoms with E-state index in [1.54, 1.807) is 7.11 Å². The second kappa shape index (κ2) is 5.93. The van der Waals surface area contributed by atoms with E-state index in [1.165, 1.54) is 0 Å². The molecule has 1 fully saturated rings. The van der Waals surface area contributed by atoms with E-state index in [2.05, 4.69) is 10.6 Å². The summed E-state index contributed by atoms with van der Waals surface area (Å²) in [6.45, 7) is 1.13. The predicted octanol–water partition coefficient (Wildman–Crippen LogP) is 1.27. The van der Waals surface area contributed by atoms with Crippen molar-refractivity contribution in [2.45, 2.75) is 19.4 Å². The van der Waals surface area contributed by atoms with Gasteiger partial charge in [-0.2, -0.15) is 0 Å². The summed E-state index contributed by atoms with van der Waals surface area (Å²) in [6.07, 6.45) is 1.97. The molecule has 0 atom stereocenters. The molecule has 1 aliphatic carbocycles. The Morgan fingerprint density at radius 1 is 1.42 bits per heavy atom. The number of amides is 2. The molecule has 0 radical (unpaired) electrons. The second-order valence-electron chi connectivity index (χ2n) is 5.05. The summed E-state index contributed by atoms with van der Waals surface area (Å²) in [5.74, 6) is 0.775. The Balaban J connectivity index is 1.73. The van der Waals surface area contributed by atoms with Crippen LogP contribution in [0.4, 0.5) is 4.79 Å². The number of carbonyl (C=O) groups is 1. The van der Waals surface area contributed by atoms with E-state index in [4.69, 9.17) is 9.84 Å². The highest BCUT2D eigenvalue weighted by Crippen LogP contribution is 2.44. The molecule has 0 aromatic heterocycles. The van der Waals surface area contributed by atoms with Crippen molar-refractivity contribution in [2.24, 2.45) is 5.41 Å². The van der Waals surface area contributed by atoms with Gasteiger partial charge in [-0.25, -0.2) is 4.79 Å². The zero-order chi connectivity index (χ0) is 13.7. The van der Waals surface area contributed by atoms with Gasteiger partial charge >= 0.3 is 6.03 Å². The van der Waals surface area contributed by atoms with Crippen LogP contribution >= 0.6 is 0 Å². The van der Waals surface area contributed by atoms with Gasteiger partial charge in [-0.3, -0.25) is 0 Å². The minimum Gasteiger partial charge on any atom is -0.497 e. The molecule has 1 saturated carbocycles. The highest BCUT2D eigenvalue weighted by Gasteiger charge is 2.42. The Hall–Kier alpha value is -1.75. The van der Waals surface area contributed by atoms with E-state index in [-0.39, 0.29) is 18.1 Å². The van der Waals surface area contributed by atoms with Crippen molar-refractivity contribution in [1.82, 2.24) is 10.6 Å². The first-order valence-electron chi connectivity index (χ1n) is 6.43. The molecule has 104 valence electrons. The van der Waals surface area contributed by atoms with Crippen molar-refractivity contribution in [3.05, 3.63) is 29.8 Å². The lowest BCUT2D eigenvalue weighted by atomic mass is 10.1. The van der Waals surface area contributed by atoms with E-state index in [1.807, 2.05) is 24.3 Å². The molecule has 1 aromatic carbocycles. The van der Waals surface area contributed by atoms with Crippen molar-refractivity contribution in [1.29, 1.82) is 0 Å². The molecule has 5 heteroatoms. The van der Waals surface area contributed by atoms with Crippen LogP contribution in [0.2, 0.25) is 0 Å². The number of hydrogen-bond donors (Lipinski definition) is 3. The first-order chi connectivity index (χ1) is 9.17. The van der Waals surface area contributed by atoms with Gasteiger partial charge in [0.1, 0.15) is 5.75 Å². The number of rotatable bonds is 6. The van der Waals surface area contributed by atoms with E-state index >= 15 is 0 Å². The normalized spacial score (nSPS) is 15.7. The number of urea groups is 1. The van der Waals surface area contributed by atoms with Crippen molar-refractivity contribution < 1.29 is 14.6 Å². The molecule has 0 heterocycles. The Labute approximate surface area is 113 Å². The van der Waals surface area contributed by atoms with Gasteiger partial charge in [0, 0.05) is 18.5 Å². The van der Waals surface area contributed by atoms with Gasteiger partial charge in [0.2, 0.25) is 0 Å². The number of nitrogens with one attached hydrogen (secondary N) is 2. The standard InChI is InChI=1S/C14H20N2O3/c1-19-12-4-2-3-11(7-12)8-15-13(18)16-9-14(10-17)5-6-14/h2-4,7,17H,5-6,8-10H2,1H3,(H2,15,16,18). The molecular formula is C14H20N2O3. The number of aliphatic hydroxyl groups excluding tert-OH is 1. The van der Waals surface area contributed by atoms with E-state index in [9.17, 15) is 4.79 Å². The van der Waals surface area contributed by atoms with Gasteiger partial charge in [-0.15, -0.1) is 0 Å². The molecule has 0 bridgehead atoms. The molecule has 0 saturated heterocycles. The summed E-state index contributed by atoms with van der Waals surface area (Å²) in [7, 11) is 1.61. The average molecular weight is 264 g/mol. The fourth-order valence-electron chi connectivity index (χ4n) is 1.86. The van der Waals surface area contributed by atoms with Gasteiger partial charge in [0.05, 0.1) is 13.7 Å². The quantitative estimate of drug-likeness (QED) is 0.724. The lowest BCUT2D eigenvalue weighted by molar-refractivity contribution is 0.203. The maximum absolute atomic E-state index is 11.6. The molecule has 0 unspecified atom stereocenters. The van der Waals surface area contributed by atoms with Gasteiger partial charge in [-0.1, -0.05) is 12.1 Å². The number of benzene rings is 1. The molecule has 1 aromatic rings. The molecule has 3 N–H and O–H groups in total. The average Bonchev–Trinajstić information content (AvgIpc) is 3.24. The SMILES string of the molecule is COc1cccc(CNC(=O)NCC2(CO)CC2)c1. The number of aliphatic hydroxyl groups is 1. The smallest absolute Gasteiger partial charge is 0.315 e. The summed E-state index contributed by atoms with van der Waals surface area (Å²) >= 11 is 0. The van der Waals surface area contributed by atoms with Crippen LogP contribution in [0.3, 0.4) is 0 Å². The molecule has 5 nitrogen and oxygen atoms in total. The molecule has 2 amide bonds. The van der Waals surface area contributed by atoms with Crippen LogP contribution in [0.15, 0.2) is 24.3 Å². The van der Waals surface area contributed by atoms with Crippen LogP contribution < -0.4 is 15.4 Å². The molecular weight excluding hydrogens is 244 g/mol. The molecule has 1 aliphatic rings. The van der Waals surface area contributed by atoms with Crippen molar-refractivity contribution >= 4 is 6.03 Å². The van der Waals surface area contributed by atoms with E-state index in [0.29, 0.717) is 13.1 Å². The van der Waals surface area contributed by atoms with E-state index < -0.39 is 0 Å². The minimum atomic E-state index is -0.206. The summed E-state index contributed by atoms with van der Waals surface area (Å²) in [5, 5.41) is 14.7. The van der Waals surface area contributed by atoms with Gasteiger partial charge < -0.3 is 20.5 Å². The Morgan fingerprint density at radius 3 is 2.84 bits per heavy atom. The highest BCUT2D eigenvalue weighted by molar-refractivity contribution is 5.73. The monoisotopic (exact) mass is 264 g/mol. The van der Waals surface area contributed by atoms with Crippen molar-refractivity contribution in [3.63, 3.8) is 0 Å². The van der Waals surface area contributed by atoms with Crippen LogP contribution in [0, 0.1) is 5.41 Å². The molecule has 0 spiro atoms. The minimum absolute atomic E-state index is 0.0622. The first kappa shape index (κ1) is 13.7. The van der Waals surface area contributed by atoms with E-state index in [0.717, 1.165) is 24.2 Å². The van der Waals surface area contributed by atoms with Gasteiger partial charge in [0.15, 0.2) is 0 Å². The number of carbonyl (C=O) groups excluding carboxylic acids is 1. The second-order valence-corrected chi connectivity index (χ2v) is 5.05. The number of hydrogen-bond acceptors (Lipinski definition) is 3. The predicted molar refractivity (Wildman–Crippen MR) is 72.0 cm³/mol. The third kappa shape index (κ3) is 3.86. The van der Waals surface area contributed by atoms with Gasteiger partial charge in [-0.05, 0) is 30.5 Å². The maximum atomic E-state index is 11.6. The van der Waals surface area contributed by atoms with Crippen LogP contribution in [-0.2, 0) is 6.54 Å². The molecule has 19 heavy (non-hydrogen) atoms. The Morgan fingerprint density at radius 2 is 2.21 bits per heavy atom. The number of methoxy groups -OCH3 is 1. The van der Waals surface area contributed by atoms with Crippen molar-refractivity contribution in [2.75, 3.05) is 20.3 Å². The van der Waals surface area contributed by atoms with Crippen LogP contribution in [0.5, 0.6) is 5.75 Å². The van der Waals surface area contributed by atoms with Crippen LogP contribution in [0.1, 0.15) is 18.4 Å². The van der Waals surface area contributed by atoms with Gasteiger partial charge in [0.25, 0.3) is 0 Å². The zero-order valence-electron chi connectivity index (χ0n) is 11.1. The lowest BCUT2D eigenvalue weighted by Gasteiger charge is -2.13. The third-order valence-corrected chi connectivity index (χ3v) is 3.50. The lowest BCUT2D eigenvalue weighted by Crippen LogP contribution is -2.39. The Bertz CT molecular complexity index is 444. The van der Waals surface area contributed by atoms with Crippen LogP contribution in [0.25, 0.3) is 0 Å². The Kier molecular flexibility index (Phi) is 4.27. The van der Waals surface area contributed by atoms with Crippen molar-refractivity contribution in [3.8, 4) is 5.75 Å². The summed E-state index contributed by atoms with van der Waals surface area (Å²) in [5.41, 5.74) is 0.922. The topological polar surface area (TPSA) is 70.6 Å². The summed E-state index contributed by atoms with van der Waals surface area (Å²) < 4.78 is 5.12. The molecule has 2 rings (SSSR count). The first-order valence-corrected chi connectivity index (χ1v) is 6.43. The highest BCUT2D eigenvalue weighted by atomic mass is 16.5. The fourth-order valence-corrected chi connectivity index (χ4v) is 1.86. The number of ether oxygens (including phenoxy) is 1. The maximum Gasteiger partial charge on any atom is 0.315 e. The molecule has 0 aliphatic heterocycles. The third-order valence-electron chi connectivity index (χ3n) is 3.50. The zero-order valence-corrected chi connectivity index (χ0v) is 11.1. The van der Waals surface area contributed by atoms with Crippen LogP contribution in [-0.4, -0.2) is 31.4 Å². The summed E-state index contributed by atoms with van der Waals surface area (Å²) in [4.78, 5) is 11.6. The fraction of sp³-hybridized carbons (Fsp3) is 0.500. The summed E-state index contributed by atoms with van der Waals surface area (Å²) in [6, 6.07) is 7.36. The largest absolute Gasteiger partial charge is 0.497 e.